The Morgan fingerprint density at radius 2 is 2.04 bits per heavy atom. The van der Waals surface area contributed by atoms with Crippen LogP contribution in [0.15, 0.2) is 39.3 Å². The summed E-state index contributed by atoms with van der Waals surface area (Å²) in [5.41, 5.74) is 1.29. The lowest BCUT2D eigenvalue weighted by Gasteiger charge is -2.23. The topological polar surface area (TPSA) is 85.3 Å². The van der Waals surface area contributed by atoms with Crippen LogP contribution in [0.5, 0.6) is 0 Å². The number of hydrogen-bond donors (Lipinski definition) is 0. The molecule has 1 amide bonds. The summed E-state index contributed by atoms with van der Waals surface area (Å²) in [5, 5.41) is 12.3. The predicted molar refractivity (Wildman–Crippen MR) is 91.0 cm³/mol. The van der Waals surface area contributed by atoms with Crippen molar-refractivity contribution in [2.45, 2.75) is 33.4 Å². The molecule has 2 heterocycles. The van der Waals surface area contributed by atoms with Gasteiger partial charge in [0.05, 0.1) is 22.8 Å². The van der Waals surface area contributed by atoms with E-state index in [4.69, 9.17) is 20.5 Å². The summed E-state index contributed by atoms with van der Waals surface area (Å²) in [6, 6.07) is 8.71. The lowest BCUT2D eigenvalue weighted by molar-refractivity contribution is 0.0629. The molecule has 3 aromatic rings. The summed E-state index contributed by atoms with van der Waals surface area (Å²) in [7, 11) is 0. The molecule has 0 N–H and O–H groups in total. The van der Waals surface area contributed by atoms with Crippen LogP contribution in [0.3, 0.4) is 0 Å². The molecule has 0 saturated heterocycles. The van der Waals surface area contributed by atoms with E-state index in [0.29, 0.717) is 28.1 Å². The van der Waals surface area contributed by atoms with Gasteiger partial charge in [-0.15, -0.1) is 10.2 Å². The number of halogens is 1. The van der Waals surface area contributed by atoms with Gasteiger partial charge in [0.2, 0.25) is 17.5 Å². The van der Waals surface area contributed by atoms with Gasteiger partial charge in [-0.05, 0) is 32.9 Å². The summed E-state index contributed by atoms with van der Waals surface area (Å²) in [4.78, 5) is 14.2. The fraction of sp³-hybridized carbons (Fsp3) is 0.294. The van der Waals surface area contributed by atoms with Crippen LogP contribution in [-0.4, -0.2) is 32.2 Å². The smallest absolute Gasteiger partial charge is 0.293 e. The van der Waals surface area contributed by atoms with Gasteiger partial charge in [-0.3, -0.25) is 4.79 Å². The van der Waals surface area contributed by atoms with Crippen molar-refractivity contribution in [3.8, 4) is 11.5 Å². The molecule has 0 fully saturated rings. The highest BCUT2D eigenvalue weighted by molar-refractivity contribution is 6.33. The van der Waals surface area contributed by atoms with Crippen molar-refractivity contribution >= 4 is 17.5 Å². The summed E-state index contributed by atoms with van der Waals surface area (Å²) in [6.07, 6.45) is 0. The normalized spacial score (nSPS) is 11.1. The number of aromatic nitrogens is 3. The lowest BCUT2D eigenvalue weighted by atomic mass is 10.2. The first kappa shape index (κ1) is 17.2. The Balaban J connectivity index is 1.82. The first-order valence-corrected chi connectivity index (χ1v) is 8.15. The van der Waals surface area contributed by atoms with Gasteiger partial charge in [-0.25, -0.2) is 0 Å². The summed E-state index contributed by atoms with van der Waals surface area (Å²) in [5.74, 6) is 0.519. The molecule has 8 heteroatoms. The van der Waals surface area contributed by atoms with Crippen LogP contribution in [0.4, 0.5) is 0 Å². The van der Waals surface area contributed by atoms with Gasteiger partial charge < -0.3 is 13.8 Å². The fourth-order valence-electron chi connectivity index (χ4n) is 2.30. The highest BCUT2D eigenvalue weighted by atomic mass is 35.5. The standard InChI is InChI=1S/C17H17ClN4O3/c1-10(2)22(17(23)14-8-11(3)21-25-14)9-15-19-20-16(24-15)12-6-4-5-7-13(12)18/h4-8,10H,9H2,1-3H3. The molecule has 1 aromatic carbocycles. The van der Waals surface area contributed by atoms with Crippen LogP contribution in [0, 0.1) is 6.92 Å². The van der Waals surface area contributed by atoms with Crippen LogP contribution >= 0.6 is 11.6 Å². The maximum atomic E-state index is 12.6. The predicted octanol–water partition coefficient (Wildman–Crippen LogP) is 3.74. The molecular formula is C17H17ClN4O3. The number of nitrogens with zero attached hydrogens (tertiary/aromatic N) is 4. The molecule has 0 aliphatic rings. The molecule has 7 nitrogen and oxygen atoms in total. The number of carbonyl (C=O) groups excluding carboxylic acids is 1. The van der Waals surface area contributed by atoms with E-state index in [-0.39, 0.29) is 24.3 Å². The van der Waals surface area contributed by atoms with E-state index in [1.807, 2.05) is 26.0 Å². The number of carbonyl (C=O) groups is 1. The zero-order chi connectivity index (χ0) is 18.0. The maximum absolute atomic E-state index is 12.6. The van der Waals surface area contributed by atoms with Gasteiger partial charge in [0.15, 0.2) is 0 Å². The summed E-state index contributed by atoms with van der Waals surface area (Å²) in [6.45, 7) is 5.71. The molecule has 0 spiro atoms. The van der Waals surface area contributed by atoms with Crippen molar-refractivity contribution in [2.24, 2.45) is 0 Å². The monoisotopic (exact) mass is 360 g/mol. The third-order valence-corrected chi connectivity index (χ3v) is 3.93. The van der Waals surface area contributed by atoms with Gasteiger partial charge in [0, 0.05) is 12.1 Å². The van der Waals surface area contributed by atoms with Crippen molar-refractivity contribution in [3.63, 3.8) is 0 Å². The molecule has 130 valence electrons. The average Bonchev–Trinajstić information content (AvgIpc) is 3.21. The fourth-order valence-corrected chi connectivity index (χ4v) is 2.52. The number of amides is 1. The van der Waals surface area contributed by atoms with Gasteiger partial charge in [0.1, 0.15) is 0 Å². The first-order valence-electron chi connectivity index (χ1n) is 7.77. The zero-order valence-electron chi connectivity index (χ0n) is 14.1. The number of hydrogen-bond acceptors (Lipinski definition) is 6. The summed E-state index contributed by atoms with van der Waals surface area (Å²) >= 11 is 6.15. The number of benzene rings is 1. The molecule has 0 unspecified atom stereocenters. The molecule has 0 aliphatic carbocycles. The molecule has 0 aliphatic heterocycles. The van der Waals surface area contributed by atoms with E-state index in [2.05, 4.69) is 15.4 Å². The second-order valence-electron chi connectivity index (χ2n) is 5.84. The van der Waals surface area contributed by atoms with E-state index >= 15 is 0 Å². The molecule has 3 rings (SSSR count). The van der Waals surface area contributed by atoms with E-state index in [1.165, 1.54) is 0 Å². The Labute approximate surface area is 149 Å². The highest BCUT2D eigenvalue weighted by Crippen LogP contribution is 2.26. The Morgan fingerprint density at radius 1 is 1.28 bits per heavy atom. The molecule has 2 aromatic heterocycles. The minimum absolute atomic E-state index is 0.0893. The van der Waals surface area contributed by atoms with Gasteiger partial charge in [-0.1, -0.05) is 28.9 Å². The van der Waals surface area contributed by atoms with E-state index in [0.717, 1.165) is 0 Å². The molecule has 0 saturated carbocycles. The maximum Gasteiger partial charge on any atom is 0.293 e. The second-order valence-corrected chi connectivity index (χ2v) is 6.25. The molecular weight excluding hydrogens is 344 g/mol. The third-order valence-electron chi connectivity index (χ3n) is 3.60. The van der Waals surface area contributed by atoms with Gasteiger partial charge in [0.25, 0.3) is 5.91 Å². The molecule has 0 radical (unpaired) electrons. The van der Waals surface area contributed by atoms with Crippen molar-refractivity contribution in [2.75, 3.05) is 0 Å². The quantitative estimate of drug-likeness (QED) is 0.689. The van der Waals surface area contributed by atoms with Crippen molar-refractivity contribution in [1.82, 2.24) is 20.3 Å². The second kappa shape index (κ2) is 7.06. The first-order chi connectivity index (χ1) is 12.0. The zero-order valence-corrected chi connectivity index (χ0v) is 14.8. The van der Waals surface area contributed by atoms with Crippen LogP contribution in [0.25, 0.3) is 11.5 Å². The van der Waals surface area contributed by atoms with Crippen LogP contribution in [-0.2, 0) is 6.54 Å². The SMILES string of the molecule is Cc1cc(C(=O)N(Cc2nnc(-c3ccccc3Cl)o2)C(C)C)on1. The summed E-state index contributed by atoms with van der Waals surface area (Å²) < 4.78 is 10.7. The van der Waals surface area contributed by atoms with Crippen LogP contribution in [0.2, 0.25) is 5.02 Å². The van der Waals surface area contributed by atoms with Gasteiger partial charge >= 0.3 is 0 Å². The van der Waals surface area contributed by atoms with Crippen molar-refractivity contribution in [1.29, 1.82) is 0 Å². The minimum atomic E-state index is -0.284. The third kappa shape index (κ3) is 3.71. The van der Waals surface area contributed by atoms with E-state index in [1.54, 1.807) is 30.0 Å². The Bertz CT molecular complexity index is 887. The van der Waals surface area contributed by atoms with E-state index < -0.39 is 0 Å². The number of aryl methyl sites for hydroxylation is 1. The highest BCUT2D eigenvalue weighted by Gasteiger charge is 2.25. The lowest BCUT2D eigenvalue weighted by Crippen LogP contribution is -2.36. The number of rotatable bonds is 5. The van der Waals surface area contributed by atoms with Crippen molar-refractivity contribution < 1.29 is 13.7 Å². The minimum Gasteiger partial charge on any atom is -0.419 e. The Kier molecular flexibility index (Phi) is 4.85. The molecule has 0 atom stereocenters. The van der Waals surface area contributed by atoms with Crippen molar-refractivity contribution in [3.05, 3.63) is 52.7 Å². The molecule has 0 bridgehead atoms. The molecule has 25 heavy (non-hydrogen) atoms. The Hall–Kier alpha value is -2.67. The largest absolute Gasteiger partial charge is 0.419 e. The average molecular weight is 361 g/mol. The van der Waals surface area contributed by atoms with Crippen LogP contribution < -0.4 is 0 Å². The van der Waals surface area contributed by atoms with E-state index in [9.17, 15) is 4.79 Å². The van der Waals surface area contributed by atoms with Gasteiger partial charge in [-0.2, -0.15) is 0 Å². The Morgan fingerprint density at radius 3 is 2.68 bits per heavy atom. The van der Waals surface area contributed by atoms with Crippen LogP contribution in [0.1, 0.15) is 36.0 Å².